The molecular formula is C14H23N3O. The minimum Gasteiger partial charge on any atom is -0.396 e. The fraction of sp³-hybridized carbons (Fsp3) is 0.786. The van der Waals surface area contributed by atoms with E-state index in [-0.39, 0.29) is 6.61 Å². The highest BCUT2D eigenvalue weighted by Gasteiger charge is 2.34. The minimum atomic E-state index is 0.193. The van der Waals surface area contributed by atoms with Crippen LogP contribution in [0.5, 0.6) is 0 Å². The molecule has 1 aliphatic carbocycles. The standard InChI is InChI=1S/C14H23N3O/c18-9-7-11-10-13(16-15-11)14-6-3-8-17(14)12-4-1-2-5-12/h10,12,14,18H,1-9H2,(H,15,16)/t14-/m1/s1. The summed E-state index contributed by atoms with van der Waals surface area (Å²) in [5, 5.41) is 16.5. The number of likely N-dealkylation sites (tertiary alicyclic amines) is 1. The molecule has 100 valence electrons. The highest BCUT2D eigenvalue weighted by atomic mass is 16.3. The highest BCUT2D eigenvalue weighted by molar-refractivity contribution is 5.14. The van der Waals surface area contributed by atoms with Crippen molar-refractivity contribution in [2.75, 3.05) is 13.2 Å². The summed E-state index contributed by atoms with van der Waals surface area (Å²) in [6, 6.07) is 3.45. The first-order valence-electron chi connectivity index (χ1n) is 7.29. The molecule has 0 amide bonds. The summed E-state index contributed by atoms with van der Waals surface area (Å²) in [4.78, 5) is 2.67. The monoisotopic (exact) mass is 249 g/mol. The van der Waals surface area contributed by atoms with Gasteiger partial charge in [0.2, 0.25) is 0 Å². The quantitative estimate of drug-likeness (QED) is 0.858. The Hall–Kier alpha value is -0.870. The average molecular weight is 249 g/mol. The van der Waals surface area contributed by atoms with Crippen LogP contribution in [0.4, 0.5) is 0 Å². The van der Waals surface area contributed by atoms with Crippen LogP contribution in [0.25, 0.3) is 0 Å². The highest BCUT2D eigenvalue weighted by Crippen LogP contribution is 2.37. The largest absolute Gasteiger partial charge is 0.396 e. The second-order valence-corrected chi connectivity index (χ2v) is 5.63. The Kier molecular flexibility index (Phi) is 3.66. The number of rotatable bonds is 4. The molecule has 1 aromatic rings. The molecule has 0 spiro atoms. The predicted octanol–water partition coefficient (Wildman–Crippen LogP) is 2.02. The first-order valence-corrected chi connectivity index (χ1v) is 7.29. The number of nitrogens with zero attached hydrogens (tertiary/aromatic N) is 2. The molecule has 2 N–H and O–H groups in total. The van der Waals surface area contributed by atoms with Gasteiger partial charge < -0.3 is 5.11 Å². The topological polar surface area (TPSA) is 52.1 Å². The number of hydrogen-bond acceptors (Lipinski definition) is 3. The van der Waals surface area contributed by atoms with Crippen LogP contribution in [0.1, 0.15) is 56.0 Å². The van der Waals surface area contributed by atoms with Gasteiger partial charge >= 0.3 is 0 Å². The number of H-pyrrole nitrogens is 1. The van der Waals surface area contributed by atoms with Crippen molar-refractivity contribution in [1.82, 2.24) is 15.1 Å². The van der Waals surface area contributed by atoms with E-state index in [0.717, 1.165) is 11.7 Å². The van der Waals surface area contributed by atoms with E-state index in [9.17, 15) is 0 Å². The van der Waals surface area contributed by atoms with E-state index in [1.807, 2.05) is 0 Å². The van der Waals surface area contributed by atoms with Crippen LogP contribution in [-0.4, -0.2) is 39.4 Å². The molecule has 4 heteroatoms. The van der Waals surface area contributed by atoms with Crippen molar-refractivity contribution in [1.29, 1.82) is 0 Å². The Labute approximate surface area is 108 Å². The molecule has 2 fully saturated rings. The van der Waals surface area contributed by atoms with Gasteiger partial charge in [-0.15, -0.1) is 0 Å². The Morgan fingerprint density at radius 2 is 2.11 bits per heavy atom. The van der Waals surface area contributed by atoms with Crippen molar-refractivity contribution in [3.05, 3.63) is 17.5 Å². The number of aliphatic hydroxyl groups is 1. The zero-order valence-corrected chi connectivity index (χ0v) is 10.9. The SMILES string of the molecule is OCCc1cc([C@H]2CCCN2C2CCCC2)n[nH]1. The van der Waals surface area contributed by atoms with Gasteiger partial charge in [0, 0.05) is 24.8 Å². The molecule has 0 radical (unpaired) electrons. The molecule has 1 atom stereocenters. The van der Waals surface area contributed by atoms with Crippen LogP contribution in [0.15, 0.2) is 6.07 Å². The smallest absolute Gasteiger partial charge is 0.0796 e. The molecule has 0 unspecified atom stereocenters. The maximum absolute atomic E-state index is 8.96. The summed E-state index contributed by atoms with van der Waals surface area (Å²) in [6.07, 6.45) is 8.73. The molecule has 2 aliphatic rings. The second kappa shape index (κ2) is 5.41. The van der Waals surface area contributed by atoms with Crippen LogP contribution in [0, 0.1) is 0 Å². The molecule has 1 saturated carbocycles. The summed E-state index contributed by atoms with van der Waals surface area (Å²) < 4.78 is 0. The molecule has 1 aromatic heterocycles. The van der Waals surface area contributed by atoms with Crippen molar-refractivity contribution < 1.29 is 5.11 Å². The van der Waals surface area contributed by atoms with E-state index < -0.39 is 0 Å². The summed E-state index contributed by atoms with van der Waals surface area (Å²) >= 11 is 0. The van der Waals surface area contributed by atoms with E-state index in [1.165, 1.54) is 50.8 Å². The van der Waals surface area contributed by atoms with Crippen molar-refractivity contribution >= 4 is 0 Å². The van der Waals surface area contributed by atoms with Gasteiger partial charge in [0.15, 0.2) is 0 Å². The fourth-order valence-electron chi connectivity index (χ4n) is 3.58. The summed E-state index contributed by atoms with van der Waals surface area (Å²) in [5.41, 5.74) is 2.24. The Bertz CT molecular complexity index is 384. The number of nitrogens with one attached hydrogen (secondary N) is 1. The van der Waals surface area contributed by atoms with E-state index in [4.69, 9.17) is 5.11 Å². The third kappa shape index (κ3) is 2.31. The zero-order valence-electron chi connectivity index (χ0n) is 10.9. The molecule has 4 nitrogen and oxygen atoms in total. The minimum absolute atomic E-state index is 0.193. The van der Waals surface area contributed by atoms with Gasteiger partial charge in [0.1, 0.15) is 0 Å². The van der Waals surface area contributed by atoms with Gasteiger partial charge in [-0.2, -0.15) is 5.10 Å². The van der Waals surface area contributed by atoms with E-state index in [2.05, 4.69) is 21.2 Å². The number of aromatic nitrogens is 2. The lowest BCUT2D eigenvalue weighted by Gasteiger charge is -2.29. The van der Waals surface area contributed by atoms with Crippen LogP contribution in [0.2, 0.25) is 0 Å². The molecular weight excluding hydrogens is 226 g/mol. The molecule has 18 heavy (non-hydrogen) atoms. The number of hydrogen-bond donors (Lipinski definition) is 2. The van der Waals surface area contributed by atoms with Crippen molar-refractivity contribution in [3.63, 3.8) is 0 Å². The summed E-state index contributed by atoms with van der Waals surface area (Å²) in [7, 11) is 0. The van der Waals surface area contributed by atoms with Crippen molar-refractivity contribution in [2.45, 2.75) is 57.0 Å². The van der Waals surface area contributed by atoms with Gasteiger partial charge in [-0.05, 0) is 38.3 Å². The van der Waals surface area contributed by atoms with Crippen LogP contribution >= 0.6 is 0 Å². The Morgan fingerprint density at radius 1 is 1.28 bits per heavy atom. The zero-order chi connectivity index (χ0) is 12.4. The van der Waals surface area contributed by atoms with Gasteiger partial charge in [-0.1, -0.05) is 12.8 Å². The van der Waals surface area contributed by atoms with Gasteiger partial charge in [0.05, 0.1) is 11.7 Å². The molecule has 0 bridgehead atoms. The fourth-order valence-corrected chi connectivity index (χ4v) is 3.58. The summed E-state index contributed by atoms with van der Waals surface area (Å²) in [6.45, 7) is 1.43. The molecule has 3 rings (SSSR count). The van der Waals surface area contributed by atoms with E-state index in [1.54, 1.807) is 0 Å². The normalized spacial score (nSPS) is 26.2. The van der Waals surface area contributed by atoms with E-state index in [0.29, 0.717) is 12.5 Å². The first-order chi connectivity index (χ1) is 8.88. The second-order valence-electron chi connectivity index (χ2n) is 5.63. The lowest BCUT2D eigenvalue weighted by molar-refractivity contribution is 0.180. The average Bonchev–Trinajstić information content (AvgIpc) is 3.10. The number of aromatic amines is 1. The van der Waals surface area contributed by atoms with Crippen molar-refractivity contribution in [2.24, 2.45) is 0 Å². The molecule has 0 aromatic carbocycles. The van der Waals surface area contributed by atoms with Gasteiger partial charge in [0.25, 0.3) is 0 Å². The maximum atomic E-state index is 8.96. The Morgan fingerprint density at radius 3 is 2.89 bits per heavy atom. The third-order valence-corrected chi connectivity index (χ3v) is 4.46. The van der Waals surface area contributed by atoms with Gasteiger partial charge in [-0.3, -0.25) is 10.00 Å². The van der Waals surface area contributed by atoms with Crippen LogP contribution in [0.3, 0.4) is 0 Å². The Balaban J connectivity index is 1.72. The van der Waals surface area contributed by atoms with Crippen LogP contribution < -0.4 is 0 Å². The predicted molar refractivity (Wildman–Crippen MR) is 70.3 cm³/mol. The number of aliphatic hydroxyl groups excluding tert-OH is 1. The first kappa shape index (κ1) is 12.2. The lowest BCUT2D eigenvalue weighted by Crippen LogP contribution is -2.32. The lowest BCUT2D eigenvalue weighted by atomic mass is 10.1. The van der Waals surface area contributed by atoms with Gasteiger partial charge in [-0.25, -0.2) is 0 Å². The summed E-state index contributed by atoms with van der Waals surface area (Å²) in [5.74, 6) is 0. The third-order valence-electron chi connectivity index (χ3n) is 4.46. The maximum Gasteiger partial charge on any atom is 0.0796 e. The van der Waals surface area contributed by atoms with Crippen molar-refractivity contribution in [3.8, 4) is 0 Å². The molecule has 2 heterocycles. The van der Waals surface area contributed by atoms with Crippen LogP contribution in [-0.2, 0) is 6.42 Å². The molecule has 1 aliphatic heterocycles. The van der Waals surface area contributed by atoms with E-state index >= 15 is 0 Å². The molecule has 1 saturated heterocycles.